The summed E-state index contributed by atoms with van der Waals surface area (Å²) >= 11 is 0. The van der Waals surface area contributed by atoms with Crippen LogP contribution in [0, 0.1) is 17.1 Å². The van der Waals surface area contributed by atoms with Crippen LogP contribution in [-0.4, -0.2) is 12.1 Å². The molecule has 0 unspecified atom stereocenters. The first-order valence-electron chi connectivity index (χ1n) is 5.45. The van der Waals surface area contributed by atoms with E-state index in [0.29, 0.717) is 12.3 Å². The lowest BCUT2D eigenvalue weighted by molar-refractivity contribution is 0.364. The van der Waals surface area contributed by atoms with Gasteiger partial charge in [0, 0.05) is 18.2 Å². The second-order valence-corrected chi connectivity index (χ2v) is 4.85. The van der Waals surface area contributed by atoms with Gasteiger partial charge in [-0.1, -0.05) is 0 Å². The highest BCUT2D eigenvalue weighted by atomic mass is 19.1. The van der Waals surface area contributed by atoms with E-state index in [1.54, 1.807) is 6.07 Å². The van der Waals surface area contributed by atoms with E-state index in [1.807, 2.05) is 26.8 Å². The smallest absolute Gasteiger partial charge is 0.174 e. The molecule has 0 aromatic heterocycles. The molecule has 0 atom stereocenters. The molecule has 0 bridgehead atoms. The molecular formula is C13H17FN2O. The molecule has 1 aromatic carbocycles. The first-order chi connectivity index (χ1) is 7.90. The lowest BCUT2D eigenvalue weighted by Gasteiger charge is -2.20. The third-order valence-electron chi connectivity index (χ3n) is 2.06. The van der Waals surface area contributed by atoms with Crippen molar-refractivity contribution < 1.29 is 9.13 Å². The van der Waals surface area contributed by atoms with E-state index in [1.165, 1.54) is 12.1 Å². The van der Waals surface area contributed by atoms with Crippen molar-refractivity contribution in [3.63, 3.8) is 0 Å². The molecule has 0 aliphatic carbocycles. The minimum Gasteiger partial charge on any atom is -0.479 e. The molecule has 1 N–H and O–H groups in total. The van der Waals surface area contributed by atoms with Crippen molar-refractivity contribution >= 4 is 0 Å². The van der Waals surface area contributed by atoms with Crippen LogP contribution in [0.15, 0.2) is 18.2 Å². The van der Waals surface area contributed by atoms with Crippen LogP contribution < -0.4 is 10.1 Å². The van der Waals surface area contributed by atoms with Gasteiger partial charge in [-0.3, -0.25) is 0 Å². The fraction of sp³-hybridized carbons (Fsp3) is 0.462. The number of rotatable bonds is 4. The fourth-order valence-corrected chi connectivity index (χ4v) is 1.29. The molecule has 0 radical (unpaired) electrons. The SMILES string of the molecule is CC(C)(C)NCc1cc(F)cc(OCC#N)c1. The minimum atomic E-state index is -0.355. The number of hydrogen-bond acceptors (Lipinski definition) is 3. The number of hydrogen-bond donors (Lipinski definition) is 1. The Balaban J connectivity index is 2.72. The van der Waals surface area contributed by atoms with Crippen LogP contribution in [-0.2, 0) is 6.54 Å². The Morgan fingerprint density at radius 3 is 2.65 bits per heavy atom. The second kappa shape index (κ2) is 5.65. The molecule has 4 heteroatoms. The maximum Gasteiger partial charge on any atom is 0.174 e. The van der Waals surface area contributed by atoms with Gasteiger partial charge in [0.25, 0.3) is 0 Å². The molecule has 0 fully saturated rings. The lowest BCUT2D eigenvalue weighted by Crippen LogP contribution is -2.35. The Morgan fingerprint density at radius 2 is 2.06 bits per heavy atom. The molecule has 0 heterocycles. The zero-order valence-corrected chi connectivity index (χ0v) is 10.4. The summed E-state index contributed by atoms with van der Waals surface area (Å²) in [6.45, 7) is 6.61. The molecule has 1 rings (SSSR count). The third-order valence-corrected chi connectivity index (χ3v) is 2.06. The van der Waals surface area contributed by atoms with Gasteiger partial charge in [-0.25, -0.2) is 4.39 Å². The largest absolute Gasteiger partial charge is 0.479 e. The summed E-state index contributed by atoms with van der Waals surface area (Å²) in [4.78, 5) is 0. The maximum absolute atomic E-state index is 13.3. The van der Waals surface area contributed by atoms with Crippen LogP contribution in [0.25, 0.3) is 0 Å². The fourth-order valence-electron chi connectivity index (χ4n) is 1.29. The number of ether oxygens (including phenoxy) is 1. The Morgan fingerprint density at radius 1 is 1.35 bits per heavy atom. The van der Waals surface area contributed by atoms with Crippen LogP contribution in [0.2, 0.25) is 0 Å². The number of halogens is 1. The maximum atomic E-state index is 13.3. The average Bonchev–Trinajstić information content (AvgIpc) is 2.22. The molecule has 17 heavy (non-hydrogen) atoms. The topological polar surface area (TPSA) is 45.0 Å². The summed E-state index contributed by atoms with van der Waals surface area (Å²) in [5.74, 6) is 0.0309. The number of nitrogens with zero attached hydrogens (tertiary/aromatic N) is 1. The van der Waals surface area contributed by atoms with Crippen LogP contribution in [0.4, 0.5) is 4.39 Å². The summed E-state index contributed by atoms with van der Waals surface area (Å²) in [6, 6.07) is 6.32. The number of nitrogens with one attached hydrogen (secondary N) is 1. The Kier molecular flexibility index (Phi) is 4.47. The van der Waals surface area contributed by atoms with Gasteiger partial charge in [0.2, 0.25) is 0 Å². The molecule has 92 valence electrons. The van der Waals surface area contributed by atoms with Crippen LogP contribution in [0.1, 0.15) is 26.3 Å². The van der Waals surface area contributed by atoms with E-state index in [9.17, 15) is 4.39 Å². The summed E-state index contributed by atoms with van der Waals surface area (Å²) in [7, 11) is 0. The molecule has 0 aliphatic heterocycles. The number of benzene rings is 1. The predicted molar refractivity (Wildman–Crippen MR) is 64.1 cm³/mol. The van der Waals surface area contributed by atoms with E-state index < -0.39 is 0 Å². The Labute approximate surface area is 101 Å². The van der Waals surface area contributed by atoms with E-state index in [2.05, 4.69) is 5.32 Å². The van der Waals surface area contributed by atoms with Crippen molar-refractivity contribution in [2.75, 3.05) is 6.61 Å². The minimum absolute atomic E-state index is 0.0278. The summed E-state index contributed by atoms with van der Waals surface area (Å²) in [5, 5.41) is 11.7. The number of nitriles is 1. The van der Waals surface area contributed by atoms with Crippen LogP contribution >= 0.6 is 0 Å². The van der Waals surface area contributed by atoms with E-state index in [4.69, 9.17) is 10.00 Å². The zero-order valence-electron chi connectivity index (χ0n) is 10.4. The Bertz CT molecular complexity index is 418. The first kappa shape index (κ1) is 13.5. The monoisotopic (exact) mass is 236 g/mol. The quantitative estimate of drug-likeness (QED) is 0.874. The van der Waals surface area contributed by atoms with Gasteiger partial charge >= 0.3 is 0 Å². The van der Waals surface area contributed by atoms with Crippen LogP contribution in [0.3, 0.4) is 0 Å². The van der Waals surface area contributed by atoms with Gasteiger partial charge in [-0.2, -0.15) is 5.26 Å². The van der Waals surface area contributed by atoms with Crippen molar-refractivity contribution in [2.45, 2.75) is 32.9 Å². The molecule has 0 spiro atoms. The average molecular weight is 236 g/mol. The molecule has 3 nitrogen and oxygen atoms in total. The first-order valence-corrected chi connectivity index (χ1v) is 5.45. The molecule has 0 saturated carbocycles. The van der Waals surface area contributed by atoms with Gasteiger partial charge in [-0.15, -0.1) is 0 Å². The van der Waals surface area contributed by atoms with Gasteiger partial charge in [0.1, 0.15) is 17.6 Å². The van der Waals surface area contributed by atoms with Gasteiger partial charge in [-0.05, 0) is 38.5 Å². The Hall–Kier alpha value is -1.60. The third kappa shape index (κ3) is 5.32. The van der Waals surface area contributed by atoms with Gasteiger partial charge in [0.05, 0.1) is 0 Å². The highest BCUT2D eigenvalue weighted by Gasteiger charge is 2.09. The van der Waals surface area contributed by atoms with Gasteiger partial charge in [0.15, 0.2) is 6.61 Å². The zero-order chi connectivity index (χ0) is 12.9. The second-order valence-electron chi connectivity index (χ2n) is 4.85. The van der Waals surface area contributed by atoms with E-state index in [0.717, 1.165) is 5.56 Å². The standard InChI is InChI=1S/C13H17FN2O/c1-13(2,3)16-9-10-6-11(14)8-12(7-10)17-5-4-15/h6-8,16H,5,9H2,1-3H3. The normalized spacial score (nSPS) is 11.0. The van der Waals surface area contributed by atoms with Crippen molar-refractivity contribution in [3.8, 4) is 11.8 Å². The molecule has 1 aromatic rings. The predicted octanol–water partition coefficient (Wildman–Crippen LogP) is 2.62. The molecule has 0 amide bonds. The van der Waals surface area contributed by atoms with Crippen molar-refractivity contribution in [1.82, 2.24) is 5.32 Å². The molecule has 0 saturated heterocycles. The molecular weight excluding hydrogens is 219 g/mol. The summed E-state index contributed by atoms with van der Waals surface area (Å²) in [6.07, 6.45) is 0. The van der Waals surface area contributed by atoms with Crippen molar-refractivity contribution in [1.29, 1.82) is 5.26 Å². The van der Waals surface area contributed by atoms with Crippen molar-refractivity contribution in [2.24, 2.45) is 0 Å². The van der Waals surface area contributed by atoms with Gasteiger partial charge < -0.3 is 10.1 Å². The highest BCUT2D eigenvalue weighted by molar-refractivity contribution is 5.29. The van der Waals surface area contributed by atoms with Crippen LogP contribution in [0.5, 0.6) is 5.75 Å². The molecule has 0 aliphatic rings. The van der Waals surface area contributed by atoms with E-state index >= 15 is 0 Å². The van der Waals surface area contributed by atoms with E-state index in [-0.39, 0.29) is 18.0 Å². The summed E-state index contributed by atoms with van der Waals surface area (Å²) < 4.78 is 18.4. The van der Waals surface area contributed by atoms with Crippen molar-refractivity contribution in [3.05, 3.63) is 29.6 Å². The highest BCUT2D eigenvalue weighted by Crippen LogP contribution is 2.17. The summed E-state index contributed by atoms with van der Waals surface area (Å²) in [5.41, 5.74) is 0.771. The lowest BCUT2D eigenvalue weighted by atomic mass is 10.1.